The lowest BCUT2D eigenvalue weighted by atomic mass is 9.89. The number of hydroxylamine groups is 1. The number of halogens is 2. The molecule has 1 atom stereocenters. The highest BCUT2D eigenvalue weighted by Gasteiger charge is 2.54. The van der Waals surface area contributed by atoms with Crippen molar-refractivity contribution >= 4 is 11.6 Å². The Morgan fingerprint density at radius 3 is 2.78 bits per heavy atom. The van der Waals surface area contributed by atoms with E-state index in [4.69, 9.17) is 16.0 Å². The number of allylic oxidation sites excluding steroid dienone is 1. The van der Waals surface area contributed by atoms with Gasteiger partial charge in [-0.15, -0.1) is 5.48 Å². The fourth-order valence-electron chi connectivity index (χ4n) is 2.91. The van der Waals surface area contributed by atoms with Gasteiger partial charge in [-0.25, -0.2) is 19.2 Å². The molecule has 1 saturated carbocycles. The zero-order chi connectivity index (χ0) is 16.6. The Bertz CT molecular complexity index is 695. The van der Waals surface area contributed by atoms with Crippen molar-refractivity contribution in [3.8, 4) is 0 Å². The predicted molar refractivity (Wildman–Crippen MR) is 82.7 cm³/mol. The lowest BCUT2D eigenvalue weighted by Crippen LogP contribution is -2.45. The molecule has 1 aromatic rings. The number of benzene rings is 1. The van der Waals surface area contributed by atoms with Crippen molar-refractivity contribution in [2.24, 2.45) is 10.7 Å². The van der Waals surface area contributed by atoms with Crippen LogP contribution in [0, 0.1) is 6.92 Å². The Morgan fingerprint density at radius 1 is 1.48 bits per heavy atom. The average Bonchev–Trinajstić information content (AvgIpc) is 3.16. The number of alkyl halides is 2. The van der Waals surface area contributed by atoms with Gasteiger partial charge in [0.2, 0.25) is 0 Å². The van der Waals surface area contributed by atoms with E-state index in [0.29, 0.717) is 0 Å². The van der Waals surface area contributed by atoms with Crippen molar-refractivity contribution in [2.75, 3.05) is 0 Å². The maximum absolute atomic E-state index is 12.5. The average molecular weight is 321 g/mol. The second-order valence-corrected chi connectivity index (χ2v) is 5.93. The maximum Gasteiger partial charge on any atom is 0.306 e. The lowest BCUT2D eigenvalue weighted by Gasteiger charge is -2.21. The van der Waals surface area contributed by atoms with E-state index >= 15 is 0 Å². The largest absolute Gasteiger partial charge is 0.397 e. The summed E-state index contributed by atoms with van der Waals surface area (Å²) in [6.45, 7) is 2.06. The summed E-state index contributed by atoms with van der Waals surface area (Å²) in [5.41, 5.74) is 9.71. The molecule has 5 nitrogen and oxygen atoms in total. The molecule has 7 heteroatoms. The molecule has 23 heavy (non-hydrogen) atoms. The molecule has 5 N–H and O–H groups in total. The quantitative estimate of drug-likeness (QED) is 0.694. The van der Waals surface area contributed by atoms with Crippen LogP contribution in [-0.2, 0) is 10.3 Å². The highest BCUT2D eigenvalue weighted by molar-refractivity contribution is 6.41. The van der Waals surface area contributed by atoms with Crippen molar-refractivity contribution in [1.82, 2.24) is 5.48 Å². The summed E-state index contributed by atoms with van der Waals surface area (Å²) in [6, 6.07) is 8.13. The third kappa shape index (κ3) is 2.84. The lowest BCUT2D eigenvalue weighted by molar-refractivity contribution is -0.110. The molecular weight excluding hydrogens is 302 g/mol. The third-order valence-corrected chi connectivity index (χ3v) is 4.33. The van der Waals surface area contributed by atoms with Crippen molar-refractivity contribution in [3.63, 3.8) is 0 Å². The Hall–Kier alpha value is -2.28. The van der Waals surface area contributed by atoms with E-state index in [1.54, 1.807) is 0 Å². The van der Waals surface area contributed by atoms with Crippen LogP contribution in [0.25, 0.3) is 0 Å². The predicted octanol–water partition coefficient (Wildman–Crippen LogP) is 0.594. The van der Waals surface area contributed by atoms with E-state index in [9.17, 15) is 8.78 Å². The Balaban J connectivity index is 1.82. The first-order chi connectivity index (χ1) is 10.9. The van der Waals surface area contributed by atoms with Gasteiger partial charge in [-0.3, -0.25) is 0 Å². The van der Waals surface area contributed by atoms with Crippen LogP contribution in [-0.4, -0.2) is 24.2 Å². The van der Waals surface area contributed by atoms with E-state index < -0.39 is 12.1 Å². The molecule has 1 fully saturated rings. The van der Waals surface area contributed by atoms with Gasteiger partial charge in [-0.1, -0.05) is 24.3 Å². The Kier molecular flexibility index (Phi) is 3.89. The zero-order valence-corrected chi connectivity index (χ0v) is 12.7. The highest BCUT2D eigenvalue weighted by atomic mass is 19.3. The van der Waals surface area contributed by atoms with Gasteiger partial charge in [-0.05, 0) is 30.9 Å². The molecule has 0 bridgehead atoms. The van der Waals surface area contributed by atoms with Gasteiger partial charge in [0.25, 0.3) is 12.1 Å². The molecule has 3 rings (SSSR count). The summed E-state index contributed by atoms with van der Waals surface area (Å²) in [7, 11) is 0. The van der Waals surface area contributed by atoms with Crippen molar-refractivity contribution in [2.45, 2.75) is 37.8 Å². The minimum atomic E-state index is -2.76. The number of hydrogen-bond acceptors (Lipinski definition) is 4. The summed E-state index contributed by atoms with van der Waals surface area (Å²) in [5.74, 6) is 0.0958. The van der Waals surface area contributed by atoms with Crippen LogP contribution in [0.4, 0.5) is 8.78 Å². The molecule has 0 radical (unpaired) electrons. The first-order valence-corrected chi connectivity index (χ1v) is 7.38. The monoisotopic (exact) mass is 321 g/mol. The minimum absolute atomic E-state index is 0.0154. The number of hydrogen-bond donors (Lipinski definition) is 3. The standard InChI is InChI=1S/C16H18F2N4O/c1-9-4-2-3-5-10(9)16(6-7-16)15-21-14(23-22-15)12(20)8-11(19)13(17)18/h2-5,8,13,15,20,22H,6-7,19H2,1H3/p+1/b11-8-,20-12?. The van der Waals surface area contributed by atoms with Gasteiger partial charge in [-0.2, -0.15) is 0 Å². The summed E-state index contributed by atoms with van der Waals surface area (Å²) >= 11 is 0. The van der Waals surface area contributed by atoms with Gasteiger partial charge in [0, 0.05) is 11.5 Å². The van der Waals surface area contributed by atoms with E-state index in [0.717, 1.165) is 18.9 Å². The fourth-order valence-corrected chi connectivity index (χ4v) is 2.91. The normalized spacial score (nSPS) is 22.7. The molecule has 1 aromatic carbocycles. The van der Waals surface area contributed by atoms with Crippen molar-refractivity contribution < 1.29 is 19.0 Å². The molecule has 0 amide bonds. The molecule has 0 aromatic heterocycles. The number of rotatable bonds is 5. The Labute approximate surface area is 132 Å². The van der Waals surface area contributed by atoms with E-state index in [1.807, 2.05) is 12.1 Å². The van der Waals surface area contributed by atoms with Crippen LogP contribution in [0.2, 0.25) is 0 Å². The number of aryl methyl sites for hydroxylation is 1. The van der Waals surface area contributed by atoms with Crippen LogP contribution >= 0.6 is 0 Å². The van der Waals surface area contributed by atoms with Crippen LogP contribution in [0.3, 0.4) is 0 Å². The molecule has 1 aliphatic carbocycles. The second-order valence-electron chi connectivity index (χ2n) is 5.93. The third-order valence-electron chi connectivity index (χ3n) is 4.33. The number of nitrogens with zero attached hydrogens (tertiary/aromatic N) is 1. The molecule has 2 aliphatic rings. The van der Waals surface area contributed by atoms with Gasteiger partial charge in [0.05, 0.1) is 5.70 Å². The Morgan fingerprint density at radius 2 is 2.17 bits per heavy atom. The summed E-state index contributed by atoms with van der Waals surface area (Å²) in [4.78, 5) is 9.72. The fraction of sp³-hybridized carbons (Fsp3) is 0.375. The maximum atomic E-state index is 12.5. The van der Waals surface area contributed by atoms with Gasteiger partial charge < -0.3 is 10.6 Å². The van der Waals surface area contributed by atoms with Crippen LogP contribution in [0.5, 0.6) is 0 Å². The highest BCUT2D eigenvalue weighted by Crippen LogP contribution is 2.52. The minimum Gasteiger partial charge on any atom is -0.397 e. The second kappa shape index (κ2) is 5.73. The topological polar surface area (TPSA) is 85.2 Å². The van der Waals surface area contributed by atoms with Gasteiger partial charge >= 0.3 is 5.90 Å². The molecule has 122 valence electrons. The SMILES string of the molecule is Cc1ccccc1C1(C2N=C(C(=[NH2+])/C=C(\N)C(F)F)ON2)CC1. The van der Waals surface area contributed by atoms with Crippen LogP contribution in [0.1, 0.15) is 24.0 Å². The smallest absolute Gasteiger partial charge is 0.306 e. The first kappa shape index (κ1) is 15.6. The number of aliphatic imine (C=N–C) groups is 1. The van der Waals surface area contributed by atoms with E-state index in [-0.39, 0.29) is 23.2 Å². The molecule has 1 unspecified atom stereocenters. The number of nitrogens with two attached hydrogens (primary N) is 2. The first-order valence-electron chi connectivity index (χ1n) is 7.38. The van der Waals surface area contributed by atoms with Gasteiger partial charge in [0.15, 0.2) is 0 Å². The molecule has 0 saturated heterocycles. The molecular formula is C16H19F2N4O+. The molecule has 1 heterocycles. The van der Waals surface area contributed by atoms with Crippen LogP contribution < -0.4 is 16.6 Å². The van der Waals surface area contributed by atoms with Crippen molar-refractivity contribution in [3.05, 3.63) is 47.2 Å². The molecule has 0 spiro atoms. The summed E-state index contributed by atoms with van der Waals surface area (Å²) < 4.78 is 24.9. The van der Waals surface area contributed by atoms with Crippen molar-refractivity contribution in [1.29, 1.82) is 0 Å². The van der Waals surface area contributed by atoms with E-state index in [2.05, 4.69) is 29.5 Å². The summed E-state index contributed by atoms with van der Waals surface area (Å²) in [6.07, 6.45) is -0.116. The van der Waals surface area contributed by atoms with Crippen LogP contribution in [0.15, 0.2) is 41.0 Å². The van der Waals surface area contributed by atoms with E-state index in [1.165, 1.54) is 11.1 Å². The number of nitrogens with one attached hydrogen (secondary N) is 1. The van der Waals surface area contributed by atoms with Gasteiger partial charge in [0.1, 0.15) is 6.17 Å². The molecule has 1 aliphatic heterocycles. The summed E-state index contributed by atoms with van der Waals surface area (Å²) in [5, 5.41) is 5.74. The zero-order valence-electron chi connectivity index (χ0n) is 12.7.